The van der Waals surface area contributed by atoms with E-state index in [0.717, 1.165) is 16.3 Å². The van der Waals surface area contributed by atoms with Gasteiger partial charge in [-0.2, -0.15) is 0 Å². The molecule has 0 unspecified atom stereocenters. The van der Waals surface area contributed by atoms with E-state index >= 15 is 0 Å². The van der Waals surface area contributed by atoms with Gasteiger partial charge in [-0.25, -0.2) is 14.5 Å². The highest BCUT2D eigenvalue weighted by Crippen LogP contribution is 2.41. The molecule has 0 N–H and O–H groups in total. The van der Waals surface area contributed by atoms with Crippen LogP contribution in [0, 0.1) is 0 Å². The number of carbonyl (C=O) groups is 3. The number of imide groups is 1. The Morgan fingerprint density at radius 1 is 0.739 bits per heavy atom. The summed E-state index contributed by atoms with van der Waals surface area (Å²) in [6.45, 7) is 13.5. The summed E-state index contributed by atoms with van der Waals surface area (Å²) in [6.07, 6.45) is -0.485. The first-order valence-electron chi connectivity index (χ1n) is 15.6. The Morgan fingerprint density at radius 2 is 1.30 bits per heavy atom. The van der Waals surface area contributed by atoms with Crippen molar-refractivity contribution in [3.8, 4) is 0 Å². The fraction of sp³-hybridized carbons (Fsp3) is 0.559. The van der Waals surface area contributed by atoms with Crippen LogP contribution in [0.2, 0.25) is 5.02 Å². The van der Waals surface area contributed by atoms with Crippen LogP contribution in [0.1, 0.15) is 64.7 Å². The molecule has 0 spiro atoms. The number of amides is 3. The Kier molecular flexibility index (Phi) is 13.7. The lowest BCUT2D eigenvalue weighted by Gasteiger charge is -2.29. The molecule has 254 valence electrons. The minimum atomic E-state index is -0.780. The van der Waals surface area contributed by atoms with Crippen LogP contribution in [-0.2, 0) is 23.7 Å². The normalized spacial score (nSPS) is 13.2. The molecule has 12 heteroatoms. The van der Waals surface area contributed by atoms with Crippen LogP contribution in [-0.4, -0.2) is 94.0 Å². The Hall–Kier alpha value is -3.38. The summed E-state index contributed by atoms with van der Waals surface area (Å²) in [4.78, 5) is 44.7. The molecule has 2 aromatic rings. The number of para-hydroxylation sites is 2. The van der Waals surface area contributed by atoms with Crippen LogP contribution in [0.5, 0.6) is 0 Å². The van der Waals surface area contributed by atoms with Gasteiger partial charge in [0.25, 0.3) is 5.91 Å². The van der Waals surface area contributed by atoms with E-state index in [4.69, 9.17) is 35.3 Å². The van der Waals surface area contributed by atoms with Gasteiger partial charge in [0.2, 0.25) is 0 Å². The predicted molar refractivity (Wildman–Crippen MR) is 178 cm³/mol. The van der Waals surface area contributed by atoms with Crippen molar-refractivity contribution in [2.75, 3.05) is 69.6 Å². The number of halogens is 1. The van der Waals surface area contributed by atoms with Crippen LogP contribution < -0.4 is 9.80 Å². The number of carbonyl (C=O) groups excluding carboxylic acids is 3. The zero-order chi connectivity index (χ0) is 33.9. The summed E-state index contributed by atoms with van der Waals surface area (Å²) in [5.41, 5.74) is 1.19. The van der Waals surface area contributed by atoms with Gasteiger partial charge in [-0.05, 0) is 84.7 Å². The van der Waals surface area contributed by atoms with Gasteiger partial charge in [0, 0.05) is 31.8 Å². The van der Waals surface area contributed by atoms with E-state index in [0.29, 0.717) is 75.2 Å². The van der Waals surface area contributed by atoms with Crippen molar-refractivity contribution in [2.24, 2.45) is 0 Å². The molecule has 1 aliphatic rings. The molecular formula is C34H48ClN3O8. The number of benzene rings is 2. The van der Waals surface area contributed by atoms with Gasteiger partial charge in [-0.15, -0.1) is 0 Å². The highest BCUT2D eigenvalue weighted by molar-refractivity contribution is 6.31. The van der Waals surface area contributed by atoms with Crippen LogP contribution in [0.3, 0.4) is 0 Å². The number of hydrogen-bond donors (Lipinski definition) is 0. The fourth-order valence-corrected chi connectivity index (χ4v) is 4.89. The molecule has 3 rings (SSSR count). The van der Waals surface area contributed by atoms with E-state index in [1.807, 2.05) is 24.3 Å². The Balaban J connectivity index is 1.78. The summed E-state index contributed by atoms with van der Waals surface area (Å²) in [7, 11) is 1.62. The van der Waals surface area contributed by atoms with Crippen molar-refractivity contribution < 1.29 is 38.1 Å². The van der Waals surface area contributed by atoms with Crippen LogP contribution in [0.25, 0.3) is 0 Å². The SMILES string of the molecule is COCCOCCOCCN1C(=O)c2ccc(Cl)cc2N(CCCCN(C(=O)OC(C)(C)C)C(=O)OC(C)(C)C)c2ccccc21. The summed E-state index contributed by atoms with van der Waals surface area (Å²) >= 11 is 6.45. The van der Waals surface area contributed by atoms with Crippen molar-refractivity contribution in [1.82, 2.24) is 4.90 Å². The van der Waals surface area contributed by atoms with Crippen molar-refractivity contribution in [2.45, 2.75) is 65.6 Å². The highest BCUT2D eigenvalue weighted by atomic mass is 35.5. The molecule has 1 heterocycles. The lowest BCUT2D eigenvalue weighted by Crippen LogP contribution is -2.44. The summed E-state index contributed by atoms with van der Waals surface area (Å²) < 4.78 is 27.2. The molecule has 11 nitrogen and oxygen atoms in total. The zero-order valence-electron chi connectivity index (χ0n) is 28.1. The Bertz CT molecular complexity index is 1300. The molecule has 2 aromatic carbocycles. The second-order valence-corrected chi connectivity index (χ2v) is 13.2. The van der Waals surface area contributed by atoms with Crippen molar-refractivity contribution in [1.29, 1.82) is 0 Å². The number of nitrogens with zero attached hydrogens (tertiary/aromatic N) is 3. The second-order valence-electron chi connectivity index (χ2n) is 12.8. The number of unbranched alkanes of at least 4 members (excludes halogenated alkanes) is 1. The zero-order valence-corrected chi connectivity index (χ0v) is 28.9. The Labute approximate surface area is 277 Å². The number of hydrogen-bond acceptors (Lipinski definition) is 9. The molecule has 3 amide bonds. The molecule has 0 atom stereocenters. The van der Waals surface area contributed by atoms with E-state index in [1.54, 1.807) is 71.8 Å². The summed E-state index contributed by atoms with van der Waals surface area (Å²) in [6, 6.07) is 12.9. The van der Waals surface area contributed by atoms with Crippen LogP contribution >= 0.6 is 11.6 Å². The maximum absolute atomic E-state index is 13.9. The van der Waals surface area contributed by atoms with E-state index in [2.05, 4.69) is 4.90 Å². The number of fused-ring (bicyclic) bond motifs is 2. The molecule has 0 bridgehead atoms. The lowest BCUT2D eigenvalue weighted by molar-refractivity contribution is 0.00121. The first kappa shape index (κ1) is 37.1. The molecule has 0 aliphatic carbocycles. The molecule has 0 radical (unpaired) electrons. The largest absolute Gasteiger partial charge is 0.443 e. The number of anilines is 3. The van der Waals surface area contributed by atoms with Gasteiger partial charge in [-0.3, -0.25) is 4.79 Å². The van der Waals surface area contributed by atoms with E-state index in [9.17, 15) is 14.4 Å². The molecule has 0 fully saturated rings. The van der Waals surface area contributed by atoms with Gasteiger partial charge in [0.1, 0.15) is 11.2 Å². The highest BCUT2D eigenvalue weighted by Gasteiger charge is 2.33. The third-order valence-corrected chi connectivity index (χ3v) is 6.93. The third-order valence-electron chi connectivity index (χ3n) is 6.69. The van der Waals surface area contributed by atoms with Crippen LogP contribution in [0.15, 0.2) is 42.5 Å². The maximum Gasteiger partial charge on any atom is 0.419 e. The van der Waals surface area contributed by atoms with Gasteiger partial charge in [0.05, 0.1) is 55.7 Å². The van der Waals surface area contributed by atoms with E-state index in [-0.39, 0.29) is 12.5 Å². The maximum atomic E-state index is 13.9. The molecule has 0 aromatic heterocycles. The summed E-state index contributed by atoms with van der Waals surface area (Å²) in [5.74, 6) is -0.164. The molecule has 0 saturated heterocycles. The topological polar surface area (TPSA) is 107 Å². The predicted octanol–water partition coefficient (Wildman–Crippen LogP) is 7.07. The average Bonchev–Trinajstić information content (AvgIpc) is 3.05. The minimum absolute atomic E-state index is 0.0965. The van der Waals surface area contributed by atoms with Gasteiger partial charge >= 0.3 is 12.2 Å². The molecular weight excluding hydrogens is 614 g/mol. The first-order valence-corrected chi connectivity index (χ1v) is 16.0. The fourth-order valence-electron chi connectivity index (χ4n) is 4.73. The smallest absolute Gasteiger partial charge is 0.419 e. The summed E-state index contributed by atoms with van der Waals surface area (Å²) in [5, 5.41) is 0.500. The van der Waals surface area contributed by atoms with Gasteiger partial charge in [-0.1, -0.05) is 23.7 Å². The standard InChI is InChI=1S/C34H48ClN3O8/c1-33(2,3)45-31(40)38(32(41)46-34(4,5)6)17-11-10-16-36-27-12-8-9-13-28(27)37(18-19-43-22-23-44-21-20-42-7)30(39)26-15-14-25(35)24-29(26)36/h8-9,12-15,24H,10-11,16-23H2,1-7H3. The van der Waals surface area contributed by atoms with Crippen molar-refractivity contribution in [3.63, 3.8) is 0 Å². The monoisotopic (exact) mass is 661 g/mol. The molecule has 1 aliphatic heterocycles. The number of ether oxygens (including phenoxy) is 5. The number of methoxy groups -OCH3 is 1. The number of rotatable bonds is 14. The quantitative estimate of drug-likeness (QED) is 0.197. The van der Waals surface area contributed by atoms with E-state index in [1.165, 1.54) is 0 Å². The van der Waals surface area contributed by atoms with E-state index < -0.39 is 23.4 Å². The second kappa shape index (κ2) is 17.0. The lowest BCUT2D eigenvalue weighted by atomic mass is 10.1. The van der Waals surface area contributed by atoms with Gasteiger partial charge < -0.3 is 33.5 Å². The molecule has 0 saturated carbocycles. The van der Waals surface area contributed by atoms with Crippen molar-refractivity contribution in [3.05, 3.63) is 53.1 Å². The Morgan fingerprint density at radius 3 is 1.89 bits per heavy atom. The molecule has 46 heavy (non-hydrogen) atoms. The average molecular weight is 662 g/mol. The minimum Gasteiger partial charge on any atom is -0.443 e. The first-order chi connectivity index (χ1) is 21.7. The third kappa shape index (κ3) is 11.2. The van der Waals surface area contributed by atoms with Crippen LogP contribution in [0.4, 0.5) is 26.7 Å². The van der Waals surface area contributed by atoms with Gasteiger partial charge in [0.15, 0.2) is 0 Å². The van der Waals surface area contributed by atoms with Crippen molar-refractivity contribution >= 4 is 46.8 Å².